The number of nitrogens with one attached hydrogen (secondary N) is 1. The summed E-state index contributed by atoms with van der Waals surface area (Å²) in [4.78, 5) is 1.36. The highest BCUT2D eigenvalue weighted by molar-refractivity contribution is 7.16. The Balaban J connectivity index is 1.73. The van der Waals surface area contributed by atoms with E-state index in [0.29, 0.717) is 12.1 Å². The van der Waals surface area contributed by atoms with Crippen molar-refractivity contribution in [3.05, 3.63) is 56.7 Å². The Hall–Kier alpha value is -0.870. The van der Waals surface area contributed by atoms with Crippen molar-refractivity contribution in [1.29, 1.82) is 0 Å². The van der Waals surface area contributed by atoms with Crippen LogP contribution in [0.5, 0.6) is 0 Å². The number of ether oxygens (including phenoxy) is 1. The molecule has 4 heteroatoms. The molecule has 1 saturated heterocycles. The maximum absolute atomic E-state index is 6.38. The van der Waals surface area contributed by atoms with Gasteiger partial charge in [0.25, 0.3) is 0 Å². The Labute approximate surface area is 140 Å². The minimum Gasteiger partial charge on any atom is -0.369 e. The van der Waals surface area contributed by atoms with Crippen molar-refractivity contribution in [2.75, 3.05) is 6.61 Å². The van der Waals surface area contributed by atoms with Crippen LogP contribution in [0.1, 0.15) is 41.8 Å². The van der Waals surface area contributed by atoms with E-state index < -0.39 is 0 Å². The van der Waals surface area contributed by atoms with Crippen LogP contribution in [0.3, 0.4) is 0 Å². The number of thiophene rings is 1. The number of halogens is 1. The highest BCUT2D eigenvalue weighted by Gasteiger charge is 2.45. The normalized spacial score (nSPS) is 31.2. The standard InChI is InChI=1S/C18H20ClNOS/c1-12-10-18(11-15(20-12)13-5-3-2-4-6-13)17-14(7-8-21-18)9-16(19)22-17/h2-6,9,12,15,20H,7-8,10-11H2,1H3. The van der Waals surface area contributed by atoms with Crippen molar-refractivity contribution in [2.45, 2.75) is 43.9 Å². The van der Waals surface area contributed by atoms with Gasteiger partial charge in [-0.05, 0) is 37.0 Å². The molecular weight excluding hydrogens is 314 g/mol. The maximum atomic E-state index is 6.38. The molecule has 4 rings (SSSR count). The van der Waals surface area contributed by atoms with Crippen LogP contribution in [0.4, 0.5) is 0 Å². The third-order valence-corrected chi connectivity index (χ3v) is 6.29. The summed E-state index contributed by atoms with van der Waals surface area (Å²) in [6, 6.07) is 13.6. The van der Waals surface area contributed by atoms with Gasteiger partial charge in [-0.1, -0.05) is 41.9 Å². The van der Waals surface area contributed by atoms with Gasteiger partial charge in [0.2, 0.25) is 0 Å². The molecule has 1 N–H and O–H groups in total. The first-order valence-corrected chi connectivity index (χ1v) is 9.09. The molecule has 2 aliphatic rings. The Kier molecular flexibility index (Phi) is 3.77. The third-order valence-electron chi connectivity index (χ3n) is 4.80. The van der Waals surface area contributed by atoms with Gasteiger partial charge >= 0.3 is 0 Å². The van der Waals surface area contributed by atoms with Gasteiger partial charge in [-0.25, -0.2) is 0 Å². The minimum absolute atomic E-state index is 0.170. The van der Waals surface area contributed by atoms with Gasteiger partial charge in [-0.3, -0.25) is 0 Å². The second-order valence-electron chi connectivity index (χ2n) is 6.44. The molecule has 3 heterocycles. The molecule has 22 heavy (non-hydrogen) atoms. The van der Waals surface area contributed by atoms with E-state index in [1.165, 1.54) is 16.0 Å². The smallest absolute Gasteiger partial charge is 0.106 e. The van der Waals surface area contributed by atoms with Crippen molar-refractivity contribution >= 4 is 22.9 Å². The summed E-state index contributed by atoms with van der Waals surface area (Å²) >= 11 is 8.00. The molecule has 3 atom stereocenters. The zero-order valence-electron chi connectivity index (χ0n) is 12.6. The van der Waals surface area contributed by atoms with Gasteiger partial charge in [0.15, 0.2) is 0 Å². The van der Waals surface area contributed by atoms with E-state index in [1.807, 2.05) is 0 Å². The fraction of sp³-hybridized carbons (Fsp3) is 0.444. The summed E-state index contributed by atoms with van der Waals surface area (Å²) in [6.45, 7) is 3.05. The lowest BCUT2D eigenvalue weighted by Crippen LogP contribution is -2.49. The molecule has 2 nitrogen and oxygen atoms in total. The van der Waals surface area contributed by atoms with Crippen molar-refractivity contribution in [1.82, 2.24) is 5.32 Å². The van der Waals surface area contributed by atoms with Gasteiger partial charge in [0.1, 0.15) is 5.60 Å². The summed E-state index contributed by atoms with van der Waals surface area (Å²) in [6.07, 6.45) is 2.98. The van der Waals surface area contributed by atoms with E-state index in [4.69, 9.17) is 16.3 Å². The Bertz CT molecular complexity index is 671. The second-order valence-corrected chi connectivity index (χ2v) is 8.12. The number of fused-ring (bicyclic) bond motifs is 2. The van der Waals surface area contributed by atoms with E-state index in [0.717, 1.165) is 30.2 Å². The molecule has 3 unspecified atom stereocenters. The second kappa shape index (κ2) is 5.64. The van der Waals surface area contributed by atoms with Gasteiger partial charge < -0.3 is 10.1 Å². The van der Waals surface area contributed by atoms with Gasteiger partial charge in [-0.15, -0.1) is 11.3 Å². The number of hydrogen-bond acceptors (Lipinski definition) is 3. The molecule has 1 spiro atoms. The van der Waals surface area contributed by atoms with E-state index in [2.05, 4.69) is 48.6 Å². The zero-order valence-corrected chi connectivity index (χ0v) is 14.2. The van der Waals surface area contributed by atoms with E-state index in [1.54, 1.807) is 11.3 Å². The van der Waals surface area contributed by atoms with Crippen LogP contribution < -0.4 is 5.32 Å². The lowest BCUT2D eigenvalue weighted by Gasteiger charge is -2.46. The predicted octanol–water partition coefficient (Wildman–Crippen LogP) is 4.68. The summed E-state index contributed by atoms with van der Waals surface area (Å²) in [5, 5.41) is 3.73. The zero-order chi connectivity index (χ0) is 15.2. The van der Waals surface area contributed by atoms with Gasteiger partial charge in [0, 0.05) is 23.4 Å². The molecular formula is C18H20ClNOS. The Morgan fingerprint density at radius 3 is 2.91 bits per heavy atom. The molecule has 2 aliphatic heterocycles. The molecule has 2 aromatic rings. The predicted molar refractivity (Wildman–Crippen MR) is 91.7 cm³/mol. The third kappa shape index (κ3) is 2.50. The van der Waals surface area contributed by atoms with Gasteiger partial charge in [0.05, 0.1) is 10.9 Å². The van der Waals surface area contributed by atoms with Crippen LogP contribution in [-0.2, 0) is 16.8 Å². The maximum Gasteiger partial charge on any atom is 0.106 e. The topological polar surface area (TPSA) is 21.3 Å². The van der Waals surface area contributed by atoms with E-state index in [-0.39, 0.29) is 5.60 Å². The largest absolute Gasteiger partial charge is 0.369 e. The number of benzene rings is 1. The van der Waals surface area contributed by atoms with Crippen LogP contribution in [0.2, 0.25) is 4.34 Å². The van der Waals surface area contributed by atoms with Crippen molar-refractivity contribution in [2.24, 2.45) is 0 Å². The number of rotatable bonds is 1. The van der Waals surface area contributed by atoms with Gasteiger partial charge in [-0.2, -0.15) is 0 Å². The first-order valence-electron chi connectivity index (χ1n) is 7.90. The van der Waals surface area contributed by atoms with Crippen LogP contribution in [0, 0.1) is 0 Å². The molecule has 0 amide bonds. The molecule has 1 fully saturated rings. The quantitative estimate of drug-likeness (QED) is 0.818. The highest BCUT2D eigenvalue weighted by Crippen LogP contribution is 2.49. The molecule has 0 aliphatic carbocycles. The number of piperidine rings is 1. The summed E-state index contributed by atoms with van der Waals surface area (Å²) in [7, 11) is 0. The summed E-state index contributed by atoms with van der Waals surface area (Å²) in [5.41, 5.74) is 2.56. The molecule has 0 radical (unpaired) electrons. The van der Waals surface area contributed by atoms with E-state index in [9.17, 15) is 0 Å². The average molecular weight is 334 g/mol. The SMILES string of the molecule is CC1CC2(CC(c3ccccc3)N1)OCCc1cc(Cl)sc12. The Morgan fingerprint density at radius 1 is 1.27 bits per heavy atom. The van der Waals surface area contributed by atoms with Crippen LogP contribution >= 0.6 is 22.9 Å². The van der Waals surface area contributed by atoms with Crippen LogP contribution in [-0.4, -0.2) is 12.6 Å². The van der Waals surface area contributed by atoms with Crippen LogP contribution in [0.15, 0.2) is 36.4 Å². The first-order chi connectivity index (χ1) is 10.7. The van der Waals surface area contributed by atoms with Crippen LogP contribution in [0.25, 0.3) is 0 Å². The molecule has 116 valence electrons. The molecule has 0 bridgehead atoms. The molecule has 1 aromatic heterocycles. The lowest BCUT2D eigenvalue weighted by molar-refractivity contribution is -0.0954. The highest BCUT2D eigenvalue weighted by atomic mass is 35.5. The van der Waals surface area contributed by atoms with Crippen molar-refractivity contribution in [3.63, 3.8) is 0 Å². The molecule has 1 aromatic carbocycles. The minimum atomic E-state index is -0.170. The van der Waals surface area contributed by atoms with E-state index >= 15 is 0 Å². The summed E-state index contributed by atoms with van der Waals surface area (Å²) in [5.74, 6) is 0. The Morgan fingerprint density at radius 2 is 2.09 bits per heavy atom. The first kappa shape index (κ1) is 14.7. The monoisotopic (exact) mass is 333 g/mol. The fourth-order valence-electron chi connectivity index (χ4n) is 3.96. The lowest BCUT2D eigenvalue weighted by atomic mass is 9.78. The fourth-order valence-corrected chi connectivity index (χ4v) is 5.42. The van der Waals surface area contributed by atoms with Crippen molar-refractivity contribution in [3.8, 4) is 0 Å². The average Bonchev–Trinajstić information content (AvgIpc) is 2.90. The van der Waals surface area contributed by atoms with Crippen molar-refractivity contribution < 1.29 is 4.74 Å². The summed E-state index contributed by atoms with van der Waals surface area (Å²) < 4.78 is 7.27. The molecule has 0 saturated carbocycles. The number of hydrogen-bond donors (Lipinski definition) is 1.